The minimum atomic E-state index is -0.934. The molecular formula is C13H12O8. The van der Waals surface area contributed by atoms with Crippen molar-refractivity contribution in [1.82, 2.24) is 0 Å². The number of carbonyl (C=O) groups excluding carboxylic acids is 3. The van der Waals surface area contributed by atoms with Gasteiger partial charge in [0.1, 0.15) is 17.2 Å². The largest absolute Gasteiger partial charge is 0.508 e. The van der Waals surface area contributed by atoms with Crippen LogP contribution in [-0.4, -0.2) is 41.8 Å². The summed E-state index contributed by atoms with van der Waals surface area (Å²) in [7, 11) is 1.14. The molecule has 0 fully saturated rings. The van der Waals surface area contributed by atoms with Crippen LogP contribution in [0.15, 0.2) is 30.4 Å². The highest BCUT2D eigenvalue weighted by Crippen LogP contribution is 2.25. The number of phenolic OH excluding ortho intramolecular Hbond substituents is 2. The fourth-order valence-electron chi connectivity index (χ4n) is 1.17. The van der Waals surface area contributed by atoms with E-state index < -0.39 is 24.5 Å². The fraction of sp³-hybridized carbons (Fsp3) is 0.154. The Morgan fingerprint density at radius 2 is 1.62 bits per heavy atom. The van der Waals surface area contributed by atoms with Gasteiger partial charge in [-0.25, -0.2) is 14.4 Å². The molecular weight excluding hydrogens is 284 g/mol. The van der Waals surface area contributed by atoms with Crippen molar-refractivity contribution in [2.45, 2.75) is 0 Å². The number of phenols is 2. The number of hydrogen-bond acceptors (Lipinski definition) is 8. The minimum Gasteiger partial charge on any atom is -0.508 e. The Kier molecular flexibility index (Phi) is 5.75. The fourth-order valence-corrected chi connectivity index (χ4v) is 1.17. The van der Waals surface area contributed by atoms with Crippen molar-refractivity contribution in [3.63, 3.8) is 0 Å². The molecule has 0 saturated carbocycles. The lowest BCUT2D eigenvalue weighted by Crippen LogP contribution is -2.18. The lowest BCUT2D eigenvalue weighted by Gasteiger charge is -2.05. The van der Waals surface area contributed by atoms with Crippen molar-refractivity contribution in [3.8, 4) is 17.2 Å². The highest BCUT2D eigenvalue weighted by atomic mass is 16.6. The summed E-state index contributed by atoms with van der Waals surface area (Å²) in [4.78, 5) is 33.2. The maximum Gasteiger partial charge on any atom is 0.349 e. The van der Waals surface area contributed by atoms with E-state index in [1.165, 1.54) is 0 Å². The lowest BCUT2D eigenvalue weighted by atomic mass is 10.3. The topological polar surface area (TPSA) is 119 Å². The summed E-state index contributed by atoms with van der Waals surface area (Å²) in [5, 5.41) is 18.4. The summed E-state index contributed by atoms with van der Waals surface area (Å²) < 4.78 is 13.5. The second kappa shape index (κ2) is 7.53. The monoisotopic (exact) mass is 296 g/mol. The van der Waals surface area contributed by atoms with Gasteiger partial charge in [0, 0.05) is 30.4 Å². The quantitative estimate of drug-likeness (QED) is 0.451. The number of ether oxygens (including phenoxy) is 3. The molecule has 0 radical (unpaired) electrons. The van der Waals surface area contributed by atoms with Crippen LogP contribution in [0.5, 0.6) is 17.2 Å². The molecule has 1 rings (SSSR count). The molecule has 1 aromatic rings. The zero-order valence-corrected chi connectivity index (χ0v) is 10.9. The van der Waals surface area contributed by atoms with E-state index in [-0.39, 0.29) is 17.2 Å². The SMILES string of the molecule is COC(=O)/C=C/C(=O)OCC(=O)Oc1cc(O)cc(O)c1. The highest BCUT2D eigenvalue weighted by Gasteiger charge is 2.10. The molecule has 0 aliphatic rings. The summed E-state index contributed by atoms with van der Waals surface area (Å²) in [6, 6.07) is 3.24. The van der Waals surface area contributed by atoms with Gasteiger partial charge in [-0.2, -0.15) is 0 Å². The third-order valence-electron chi connectivity index (χ3n) is 2.00. The average molecular weight is 296 g/mol. The summed E-state index contributed by atoms with van der Waals surface area (Å²) in [6.45, 7) is -0.708. The van der Waals surface area contributed by atoms with Gasteiger partial charge >= 0.3 is 17.9 Å². The van der Waals surface area contributed by atoms with Crippen LogP contribution in [0.2, 0.25) is 0 Å². The average Bonchev–Trinajstić information content (AvgIpc) is 2.41. The number of methoxy groups -OCH3 is 1. The van der Waals surface area contributed by atoms with Gasteiger partial charge in [-0.15, -0.1) is 0 Å². The van der Waals surface area contributed by atoms with Gasteiger partial charge in [-0.3, -0.25) is 0 Å². The Morgan fingerprint density at radius 3 is 2.19 bits per heavy atom. The van der Waals surface area contributed by atoms with Crippen LogP contribution < -0.4 is 4.74 Å². The van der Waals surface area contributed by atoms with E-state index >= 15 is 0 Å². The summed E-state index contributed by atoms with van der Waals surface area (Å²) >= 11 is 0. The first-order valence-corrected chi connectivity index (χ1v) is 5.57. The molecule has 0 aromatic heterocycles. The van der Waals surface area contributed by atoms with E-state index in [9.17, 15) is 24.6 Å². The maximum absolute atomic E-state index is 11.4. The first-order chi connectivity index (χ1) is 9.90. The molecule has 0 unspecified atom stereocenters. The highest BCUT2D eigenvalue weighted by molar-refractivity contribution is 5.92. The predicted octanol–water partition coefficient (Wildman–Crippen LogP) is 0.276. The smallest absolute Gasteiger partial charge is 0.349 e. The molecule has 8 nitrogen and oxygen atoms in total. The number of carbonyl (C=O) groups is 3. The summed E-state index contributed by atoms with van der Waals surface area (Å²) in [5.74, 6) is -3.31. The number of esters is 3. The standard InChI is InChI=1S/C13H12O8/c1-19-11(16)2-3-12(17)20-7-13(18)21-10-5-8(14)4-9(15)6-10/h2-6,14-15H,7H2,1H3/b3-2+. The van der Waals surface area contributed by atoms with E-state index in [0.717, 1.165) is 37.5 Å². The third kappa shape index (κ3) is 6.10. The molecule has 0 aliphatic carbocycles. The van der Waals surface area contributed by atoms with Crippen molar-refractivity contribution >= 4 is 17.9 Å². The molecule has 0 bridgehead atoms. The van der Waals surface area contributed by atoms with Crippen LogP contribution in [-0.2, 0) is 23.9 Å². The van der Waals surface area contributed by atoms with E-state index in [4.69, 9.17) is 4.74 Å². The van der Waals surface area contributed by atoms with E-state index in [0.29, 0.717) is 0 Å². The lowest BCUT2D eigenvalue weighted by molar-refractivity contribution is -0.150. The van der Waals surface area contributed by atoms with Crippen molar-refractivity contribution in [1.29, 1.82) is 0 Å². The second-order valence-corrected chi connectivity index (χ2v) is 3.62. The molecule has 0 aliphatic heterocycles. The van der Waals surface area contributed by atoms with E-state index in [2.05, 4.69) is 9.47 Å². The van der Waals surface area contributed by atoms with Crippen LogP contribution in [0.1, 0.15) is 0 Å². The number of aromatic hydroxyl groups is 2. The molecule has 112 valence electrons. The molecule has 0 saturated heterocycles. The molecule has 0 atom stereocenters. The minimum absolute atomic E-state index is 0.112. The second-order valence-electron chi connectivity index (χ2n) is 3.62. The zero-order valence-electron chi connectivity index (χ0n) is 10.9. The summed E-state index contributed by atoms with van der Waals surface area (Å²) in [5.41, 5.74) is 0. The van der Waals surface area contributed by atoms with E-state index in [1.54, 1.807) is 0 Å². The van der Waals surface area contributed by atoms with Gasteiger partial charge in [0.15, 0.2) is 6.61 Å². The van der Waals surface area contributed by atoms with E-state index in [1.807, 2.05) is 0 Å². The first-order valence-electron chi connectivity index (χ1n) is 5.57. The molecule has 0 spiro atoms. The first kappa shape index (κ1) is 16.0. The molecule has 0 heterocycles. The number of hydrogen-bond donors (Lipinski definition) is 2. The Morgan fingerprint density at radius 1 is 1.05 bits per heavy atom. The number of rotatable bonds is 5. The number of benzene rings is 1. The van der Waals surface area contributed by atoms with Crippen LogP contribution in [0.25, 0.3) is 0 Å². The van der Waals surface area contributed by atoms with Crippen molar-refractivity contribution in [3.05, 3.63) is 30.4 Å². The van der Waals surface area contributed by atoms with Crippen molar-refractivity contribution in [2.24, 2.45) is 0 Å². The van der Waals surface area contributed by atoms with Gasteiger partial charge in [-0.1, -0.05) is 0 Å². The third-order valence-corrected chi connectivity index (χ3v) is 2.00. The predicted molar refractivity (Wildman–Crippen MR) is 67.5 cm³/mol. The van der Waals surface area contributed by atoms with Gasteiger partial charge in [0.05, 0.1) is 7.11 Å². The maximum atomic E-state index is 11.4. The van der Waals surface area contributed by atoms with Crippen LogP contribution >= 0.6 is 0 Å². The van der Waals surface area contributed by atoms with Crippen molar-refractivity contribution < 1.29 is 38.8 Å². The van der Waals surface area contributed by atoms with Gasteiger partial charge in [0.2, 0.25) is 0 Å². The Labute approximate surface area is 119 Å². The molecule has 21 heavy (non-hydrogen) atoms. The molecule has 2 N–H and O–H groups in total. The Bertz CT molecular complexity index is 555. The van der Waals surface area contributed by atoms with Gasteiger partial charge in [-0.05, 0) is 0 Å². The van der Waals surface area contributed by atoms with Crippen LogP contribution in [0.4, 0.5) is 0 Å². The van der Waals surface area contributed by atoms with Gasteiger partial charge in [0.25, 0.3) is 0 Å². The normalized spacial score (nSPS) is 10.1. The van der Waals surface area contributed by atoms with Crippen LogP contribution in [0, 0.1) is 0 Å². The zero-order chi connectivity index (χ0) is 15.8. The molecule has 1 aromatic carbocycles. The molecule has 0 amide bonds. The van der Waals surface area contributed by atoms with Crippen LogP contribution in [0.3, 0.4) is 0 Å². The summed E-state index contributed by atoms with van der Waals surface area (Å²) in [6.07, 6.45) is 1.63. The Hall–Kier alpha value is -3.03. The Balaban J connectivity index is 2.45. The van der Waals surface area contributed by atoms with Gasteiger partial charge < -0.3 is 24.4 Å². The molecule has 8 heteroatoms. The van der Waals surface area contributed by atoms with Crippen molar-refractivity contribution in [2.75, 3.05) is 13.7 Å².